The van der Waals surface area contributed by atoms with Crippen LogP contribution < -0.4 is 5.32 Å². The van der Waals surface area contributed by atoms with Gasteiger partial charge >= 0.3 is 12.1 Å². The Morgan fingerprint density at radius 3 is 2.60 bits per heavy atom. The molecule has 1 heterocycles. The number of hydrogen-bond donors (Lipinski definition) is 1. The molecule has 0 aromatic carbocycles. The average Bonchev–Trinajstić information content (AvgIpc) is 2.45. The first-order valence-corrected chi connectivity index (χ1v) is 6.81. The van der Waals surface area contributed by atoms with E-state index >= 15 is 0 Å². The number of piperazine rings is 1. The van der Waals surface area contributed by atoms with Gasteiger partial charge < -0.3 is 14.2 Å². The molecule has 1 aliphatic rings. The molecule has 20 heavy (non-hydrogen) atoms. The smallest absolute Gasteiger partial charge is 0.414 e. The third-order valence-corrected chi connectivity index (χ3v) is 3.34. The van der Waals surface area contributed by atoms with Crippen molar-refractivity contribution in [1.82, 2.24) is 10.2 Å². The summed E-state index contributed by atoms with van der Waals surface area (Å²) in [6.07, 6.45) is -0.850. The van der Waals surface area contributed by atoms with Crippen LogP contribution in [0.15, 0.2) is 0 Å². The van der Waals surface area contributed by atoms with E-state index in [4.69, 9.17) is 9.47 Å². The fraction of sp³-hybridized carbons (Fsp3) is 0.700. The van der Waals surface area contributed by atoms with Crippen molar-refractivity contribution in [2.24, 2.45) is 0 Å². The summed E-state index contributed by atoms with van der Waals surface area (Å²) in [6, 6.07) is -1.22. The molecular weight excluding hydrogens is 292 g/mol. The van der Waals surface area contributed by atoms with E-state index in [1.165, 1.54) is 7.11 Å². The monoisotopic (exact) mass is 308 g/mol. The lowest BCUT2D eigenvalue weighted by Gasteiger charge is -2.31. The van der Waals surface area contributed by atoms with Crippen molar-refractivity contribution in [3.05, 3.63) is 0 Å². The molecule has 0 aromatic rings. The number of carbonyl (C=O) groups is 2. The molecule has 1 N–H and O–H groups in total. The summed E-state index contributed by atoms with van der Waals surface area (Å²) in [5.41, 5.74) is 0. The zero-order valence-electron chi connectivity index (χ0n) is 11.1. The van der Waals surface area contributed by atoms with E-state index in [-0.39, 0.29) is 26.3 Å². The molecule has 0 aromatic heterocycles. The van der Waals surface area contributed by atoms with E-state index in [0.717, 1.165) is 12.0 Å². The predicted molar refractivity (Wildman–Crippen MR) is 67.7 cm³/mol. The molecule has 114 valence electrons. The van der Waals surface area contributed by atoms with Gasteiger partial charge in [0, 0.05) is 20.2 Å². The fourth-order valence-electron chi connectivity index (χ4n) is 1.63. The highest BCUT2D eigenvalue weighted by molar-refractivity contribution is 7.73. The predicted octanol–water partition coefficient (Wildman–Crippen LogP) is -1.77. The number of ether oxygens (including phenoxy) is 3. The van der Waals surface area contributed by atoms with Gasteiger partial charge in [0.15, 0.2) is 11.0 Å². The summed E-state index contributed by atoms with van der Waals surface area (Å²) in [5.74, 6) is -0.793. The van der Waals surface area contributed by atoms with Crippen LogP contribution in [0, 0.1) is 0 Å². The molecule has 0 saturated carbocycles. The van der Waals surface area contributed by atoms with Gasteiger partial charge in [0.25, 0.3) is 0 Å². The quantitative estimate of drug-likeness (QED) is 0.369. The zero-order valence-corrected chi connectivity index (χ0v) is 11.9. The van der Waals surface area contributed by atoms with Crippen molar-refractivity contribution in [3.8, 4) is 0 Å². The minimum atomic E-state index is -2.77. The number of nitrogens with one attached hydrogen (secondary N) is 1. The van der Waals surface area contributed by atoms with E-state index in [1.807, 2.05) is 0 Å². The number of rotatable bonds is 4. The number of hydrogen-bond acceptors (Lipinski definition) is 8. The normalized spacial score (nSPS) is 18.6. The minimum Gasteiger partial charge on any atom is -0.468 e. The standard InChI is InChI=1S/C10H16N2O7S/c1-17-5-6-19-10(14)12-4-3-11-7(9(13)18-2)8(12)20(15)16/h7,11H,3-6H2,1-2H3/t7-/m0/s1. The summed E-state index contributed by atoms with van der Waals surface area (Å²) in [6.45, 7) is 0.484. The molecule has 0 aliphatic carbocycles. The highest BCUT2D eigenvalue weighted by Crippen LogP contribution is 2.06. The molecule has 1 fully saturated rings. The van der Waals surface area contributed by atoms with Gasteiger partial charge in [0.2, 0.25) is 10.3 Å². The lowest BCUT2D eigenvalue weighted by Crippen LogP contribution is -2.60. The number of amides is 1. The first-order valence-electron chi connectivity index (χ1n) is 5.73. The van der Waals surface area contributed by atoms with Gasteiger partial charge in [0.05, 0.1) is 13.7 Å². The summed E-state index contributed by atoms with van der Waals surface area (Å²) >= 11 is 0. The maximum absolute atomic E-state index is 11.8. The van der Waals surface area contributed by atoms with E-state index in [2.05, 4.69) is 10.1 Å². The first-order chi connectivity index (χ1) is 9.52. The molecule has 1 rings (SSSR count). The second-order valence-corrected chi connectivity index (χ2v) is 4.63. The summed E-state index contributed by atoms with van der Waals surface area (Å²) in [4.78, 5) is 23.8. The van der Waals surface area contributed by atoms with E-state index < -0.39 is 33.4 Å². The van der Waals surface area contributed by atoms with Crippen LogP contribution in [0.3, 0.4) is 0 Å². The molecule has 1 atom stereocenters. The van der Waals surface area contributed by atoms with Crippen LogP contribution in [0.5, 0.6) is 0 Å². The highest BCUT2D eigenvalue weighted by atomic mass is 32.2. The molecule has 0 spiro atoms. The Kier molecular flexibility index (Phi) is 6.42. The maximum atomic E-state index is 11.8. The molecular formula is C10H16N2O7S. The second kappa shape index (κ2) is 7.82. The van der Waals surface area contributed by atoms with Gasteiger partial charge in [-0.25, -0.2) is 9.59 Å². The van der Waals surface area contributed by atoms with Crippen LogP contribution in [-0.2, 0) is 29.3 Å². The molecule has 0 radical (unpaired) electrons. The number of nitrogens with zero attached hydrogens (tertiary/aromatic N) is 1. The Morgan fingerprint density at radius 1 is 1.35 bits per heavy atom. The zero-order chi connectivity index (χ0) is 15.1. The van der Waals surface area contributed by atoms with Crippen LogP contribution in [0.25, 0.3) is 0 Å². The van der Waals surface area contributed by atoms with Crippen LogP contribution in [0.2, 0.25) is 0 Å². The lowest BCUT2D eigenvalue weighted by molar-refractivity contribution is -0.141. The highest BCUT2D eigenvalue weighted by Gasteiger charge is 2.37. The second-order valence-electron chi connectivity index (χ2n) is 3.74. The molecule has 10 heteroatoms. The third-order valence-electron chi connectivity index (χ3n) is 2.54. The van der Waals surface area contributed by atoms with E-state index in [9.17, 15) is 18.0 Å². The third kappa shape index (κ3) is 3.92. The molecule has 1 saturated heterocycles. The molecule has 0 unspecified atom stereocenters. The Balaban J connectivity index is 2.92. The molecule has 1 amide bonds. The number of carbonyl (C=O) groups excluding carboxylic acids is 2. The van der Waals surface area contributed by atoms with Gasteiger partial charge in [-0.2, -0.15) is 8.42 Å². The summed E-state index contributed by atoms with van der Waals surface area (Å²) in [5, 5.41) is 2.67. The van der Waals surface area contributed by atoms with Crippen molar-refractivity contribution in [1.29, 1.82) is 0 Å². The summed E-state index contributed by atoms with van der Waals surface area (Å²) < 4.78 is 36.6. The topological polar surface area (TPSA) is 111 Å². The van der Waals surface area contributed by atoms with Crippen LogP contribution >= 0.6 is 0 Å². The van der Waals surface area contributed by atoms with E-state index in [1.54, 1.807) is 0 Å². The first kappa shape index (κ1) is 16.4. The van der Waals surface area contributed by atoms with Crippen LogP contribution in [0.4, 0.5) is 4.79 Å². The minimum absolute atomic E-state index is 0.0130. The number of methoxy groups -OCH3 is 2. The molecule has 0 bridgehead atoms. The van der Waals surface area contributed by atoms with Gasteiger partial charge in [-0.15, -0.1) is 0 Å². The summed E-state index contributed by atoms with van der Waals surface area (Å²) in [7, 11) is -0.194. The molecule has 1 aliphatic heterocycles. The lowest BCUT2D eigenvalue weighted by atomic mass is 10.2. The fourth-order valence-corrected chi connectivity index (χ4v) is 2.35. The Bertz CT molecular complexity index is 494. The Labute approximate surface area is 117 Å². The van der Waals surface area contributed by atoms with Crippen molar-refractivity contribution >= 4 is 27.3 Å². The van der Waals surface area contributed by atoms with Gasteiger partial charge in [-0.05, 0) is 0 Å². The Morgan fingerprint density at radius 2 is 2.05 bits per heavy atom. The maximum Gasteiger partial charge on any atom is 0.414 e. The average molecular weight is 308 g/mol. The SMILES string of the molecule is COCCOC(=O)N1CCN[C@H](C(=O)OC)C1=S(=O)=O. The van der Waals surface area contributed by atoms with E-state index in [0.29, 0.717) is 0 Å². The van der Waals surface area contributed by atoms with Crippen LogP contribution in [-0.4, -0.2) is 76.9 Å². The number of esters is 1. The van der Waals surface area contributed by atoms with Gasteiger partial charge in [0.1, 0.15) is 6.61 Å². The molecule has 9 nitrogen and oxygen atoms in total. The van der Waals surface area contributed by atoms with Crippen LogP contribution in [0.1, 0.15) is 0 Å². The van der Waals surface area contributed by atoms with Gasteiger partial charge in [-0.1, -0.05) is 0 Å². The van der Waals surface area contributed by atoms with Crippen molar-refractivity contribution in [2.75, 3.05) is 40.5 Å². The van der Waals surface area contributed by atoms with Crippen molar-refractivity contribution < 1.29 is 32.2 Å². The Hall–Kier alpha value is -1.65. The van der Waals surface area contributed by atoms with Crippen molar-refractivity contribution in [3.63, 3.8) is 0 Å². The van der Waals surface area contributed by atoms with Gasteiger partial charge in [-0.3, -0.25) is 10.2 Å². The largest absolute Gasteiger partial charge is 0.468 e. The van der Waals surface area contributed by atoms with Crippen molar-refractivity contribution in [2.45, 2.75) is 6.04 Å².